The van der Waals surface area contributed by atoms with E-state index < -0.39 is 6.03 Å². The van der Waals surface area contributed by atoms with Gasteiger partial charge in [-0.25, -0.2) is 9.18 Å². The van der Waals surface area contributed by atoms with Gasteiger partial charge in [0.25, 0.3) is 0 Å². The molecule has 0 atom stereocenters. The molecule has 2 aromatic carbocycles. The summed E-state index contributed by atoms with van der Waals surface area (Å²) in [5.41, 5.74) is 1.01. The lowest BCUT2D eigenvalue weighted by Crippen LogP contribution is -2.19. The average molecular weight is 265 g/mol. The smallest absolute Gasteiger partial charge is 0.308 e. The second-order valence-corrected chi connectivity index (χ2v) is 3.97. The molecule has 92 valence electrons. The highest BCUT2D eigenvalue weighted by molar-refractivity contribution is 6.33. The van der Waals surface area contributed by atoms with Crippen LogP contribution in [-0.4, -0.2) is 6.03 Å². The Kier molecular flexibility index (Phi) is 3.79. The van der Waals surface area contributed by atoms with Gasteiger partial charge in [-0.1, -0.05) is 23.7 Å². The van der Waals surface area contributed by atoms with Crippen LogP contribution in [0.25, 0.3) is 0 Å². The zero-order chi connectivity index (χ0) is 13.0. The van der Waals surface area contributed by atoms with Gasteiger partial charge in [0.05, 0.1) is 10.7 Å². The van der Waals surface area contributed by atoms with Gasteiger partial charge < -0.3 is 10.6 Å². The van der Waals surface area contributed by atoms with Gasteiger partial charge >= 0.3 is 6.03 Å². The van der Waals surface area contributed by atoms with Crippen LogP contribution in [0.2, 0.25) is 5.02 Å². The minimum Gasteiger partial charge on any atom is -0.308 e. The molecule has 0 saturated carbocycles. The lowest BCUT2D eigenvalue weighted by molar-refractivity contribution is 0.262. The van der Waals surface area contributed by atoms with E-state index in [-0.39, 0.29) is 5.82 Å². The first-order chi connectivity index (χ1) is 8.65. The lowest BCUT2D eigenvalue weighted by Gasteiger charge is -2.08. The van der Waals surface area contributed by atoms with E-state index in [1.807, 2.05) is 0 Å². The van der Waals surface area contributed by atoms with E-state index in [9.17, 15) is 9.18 Å². The van der Waals surface area contributed by atoms with Gasteiger partial charge in [0.15, 0.2) is 0 Å². The van der Waals surface area contributed by atoms with Crippen LogP contribution in [0.4, 0.5) is 20.6 Å². The van der Waals surface area contributed by atoms with Crippen LogP contribution >= 0.6 is 11.6 Å². The summed E-state index contributed by atoms with van der Waals surface area (Å²) in [7, 11) is 0. The fourth-order valence-electron chi connectivity index (χ4n) is 1.38. The number of hydrogen-bond donors (Lipinski definition) is 2. The first-order valence-electron chi connectivity index (χ1n) is 5.23. The predicted octanol–water partition coefficient (Wildman–Crippen LogP) is 4.12. The second kappa shape index (κ2) is 5.51. The number of urea groups is 1. The number of halogens is 2. The minimum atomic E-state index is -0.435. The molecule has 3 nitrogen and oxygen atoms in total. The third kappa shape index (κ3) is 3.21. The summed E-state index contributed by atoms with van der Waals surface area (Å²) in [5, 5.41) is 5.62. The lowest BCUT2D eigenvalue weighted by atomic mass is 10.3. The monoisotopic (exact) mass is 264 g/mol. The Morgan fingerprint density at radius 2 is 1.67 bits per heavy atom. The average Bonchev–Trinajstić information content (AvgIpc) is 2.35. The molecule has 2 amide bonds. The van der Waals surface area contributed by atoms with Crippen molar-refractivity contribution >= 4 is 29.0 Å². The van der Waals surface area contributed by atoms with Gasteiger partial charge in [-0.05, 0) is 36.4 Å². The van der Waals surface area contributed by atoms with Crippen LogP contribution in [0.15, 0.2) is 48.5 Å². The molecule has 0 bridgehead atoms. The third-order valence-corrected chi connectivity index (χ3v) is 2.55. The van der Waals surface area contributed by atoms with E-state index in [1.165, 1.54) is 24.3 Å². The molecule has 0 unspecified atom stereocenters. The maximum Gasteiger partial charge on any atom is 0.323 e. The first-order valence-corrected chi connectivity index (χ1v) is 5.61. The Morgan fingerprint density at radius 1 is 1.00 bits per heavy atom. The van der Waals surface area contributed by atoms with Crippen LogP contribution in [0.3, 0.4) is 0 Å². The largest absolute Gasteiger partial charge is 0.323 e. The number of hydrogen-bond acceptors (Lipinski definition) is 1. The first kappa shape index (κ1) is 12.4. The van der Waals surface area contributed by atoms with Gasteiger partial charge in [0.1, 0.15) is 5.82 Å². The van der Waals surface area contributed by atoms with Crippen LogP contribution in [0.5, 0.6) is 0 Å². The van der Waals surface area contributed by atoms with Crippen molar-refractivity contribution in [2.75, 3.05) is 10.6 Å². The molecule has 0 fully saturated rings. The van der Waals surface area contributed by atoms with Gasteiger partial charge in [0, 0.05) is 5.69 Å². The number of rotatable bonds is 2. The fraction of sp³-hybridized carbons (Fsp3) is 0. The zero-order valence-corrected chi connectivity index (χ0v) is 10.0. The molecule has 0 spiro atoms. The molecule has 2 N–H and O–H groups in total. The van der Waals surface area contributed by atoms with Crippen molar-refractivity contribution in [1.29, 1.82) is 0 Å². The van der Waals surface area contributed by atoms with E-state index >= 15 is 0 Å². The highest BCUT2D eigenvalue weighted by atomic mass is 35.5. The summed E-state index contributed by atoms with van der Waals surface area (Å²) in [5.74, 6) is -0.355. The Labute approximate surface area is 109 Å². The topological polar surface area (TPSA) is 41.1 Å². The molecule has 0 aliphatic carbocycles. The number of anilines is 2. The van der Waals surface area contributed by atoms with Crippen molar-refractivity contribution in [3.63, 3.8) is 0 Å². The number of carbonyl (C=O) groups is 1. The van der Waals surface area contributed by atoms with Crippen molar-refractivity contribution in [1.82, 2.24) is 0 Å². The molecular weight excluding hydrogens is 255 g/mol. The second-order valence-electron chi connectivity index (χ2n) is 3.57. The maximum atomic E-state index is 12.7. The van der Waals surface area contributed by atoms with Gasteiger partial charge in [-0.3, -0.25) is 0 Å². The van der Waals surface area contributed by atoms with Crippen molar-refractivity contribution < 1.29 is 9.18 Å². The van der Waals surface area contributed by atoms with Gasteiger partial charge in [0.2, 0.25) is 0 Å². The molecule has 0 saturated heterocycles. The molecule has 5 heteroatoms. The predicted molar refractivity (Wildman–Crippen MR) is 70.5 cm³/mol. The van der Waals surface area contributed by atoms with Gasteiger partial charge in [-0.2, -0.15) is 0 Å². The van der Waals surface area contributed by atoms with Crippen molar-refractivity contribution in [2.45, 2.75) is 0 Å². The summed E-state index contributed by atoms with van der Waals surface area (Å²) < 4.78 is 12.7. The standard InChI is InChI=1S/C13H10ClFN2O/c14-11-3-1-2-4-12(11)17-13(18)16-10-7-5-9(15)6-8-10/h1-8H,(H2,16,17,18). The number of carbonyl (C=O) groups excluding carboxylic acids is 1. The highest BCUT2D eigenvalue weighted by Crippen LogP contribution is 2.20. The van der Waals surface area contributed by atoms with Crippen LogP contribution < -0.4 is 10.6 Å². The van der Waals surface area contributed by atoms with E-state index in [0.717, 1.165) is 0 Å². The molecular formula is C13H10ClFN2O. The van der Waals surface area contributed by atoms with Crippen molar-refractivity contribution in [3.8, 4) is 0 Å². The van der Waals surface area contributed by atoms with Crippen molar-refractivity contribution in [3.05, 3.63) is 59.4 Å². The Hall–Kier alpha value is -2.07. The normalized spacial score (nSPS) is 9.89. The number of amides is 2. The summed E-state index contributed by atoms with van der Waals surface area (Å²) in [6.07, 6.45) is 0. The quantitative estimate of drug-likeness (QED) is 0.841. The SMILES string of the molecule is O=C(Nc1ccc(F)cc1)Nc1ccccc1Cl. The Morgan fingerprint density at radius 3 is 2.33 bits per heavy atom. The number of para-hydroxylation sites is 1. The van der Waals surface area contributed by atoms with E-state index in [4.69, 9.17) is 11.6 Å². The molecule has 18 heavy (non-hydrogen) atoms. The van der Waals surface area contributed by atoms with E-state index in [1.54, 1.807) is 24.3 Å². The minimum absolute atomic E-state index is 0.355. The molecule has 2 rings (SSSR count). The maximum absolute atomic E-state index is 12.7. The molecule has 0 aromatic heterocycles. The molecule has 2 aromatic rings. The molecule has 0 radical (unpaired) electrons. The zero-order valence-electron chi connectivity index (χ0n) is 9.28. The summed E-state index contributed by atoms with van der Waals surface area (Å²) >= 11 is 5.90. The van der Waals surface area contributed by atoms with Crippen LogP contribution in [0.1, 0.15) is 0 Å². The number of nitrogens with one attached hydrogen (secondary N) is 2. The number of benzene rings is 2. The highest BCUT2D eigenvalue weighted by Gasteiger charge is 2.05. The van der Waals surface area contributed by atoms with Crippen molar-refractivity contribution in [2.24, 2.45) is 0 Å². The molecule has 0 heterocycles. The van der Waals surface area contributed by atoms with E-state index in [0.29, 0.717) is 16.4 Å². The summed E-state index contributed by atoms with van der Waals surface area (Å²) in [4.78, 5) is 11.6. The summed E-state index contributed by atoms with van der Waals surface area (Å²) in [6, 6.07) is 11.9. The van der Waals surface area contributed by atoms with Crippen LogP contribution in [-0.2, 0) is 0 Å². The molecule has 0 aliphatic rings. The summed E-state index contributed by atoms with van der Waals surface area (Å²) in [6.45, 7) is 0. The van der Waals surface area contributed by atoms with Gasteiger partial charge in [-0.15, -0.1) is 0 Å². The van der Waals surface area contributed by atoms with E-state index in [2.05, 4.69) is 10.6 Å². The van der Waals surface area contributed by atoms with Crippen LogP contribution in [0, 0.1) is 5.82 Å². The Bertz CT molecular complexity index is 557. The third-order valence-electron chi connectivity index (χ3n) is 2.22. The fourth-order valence-corrected chi connectivity index (χ4v) is 1.56. The Balaban J connectivity index is 2.01. The molecule has 0 aliphatic heterocycles.